The molecule has 0 amide bonds. The van der Waals surface area contributed by atoms with Crippen LogP contribution < -0.4 is 0 Å². The van der Waals surface area contributed by atoms with Crippen LogP contribution in [0.1, 0.15) is 26.3 Å². The van der Waals surface area contributed by atoms with Gasteiger partial charge in [0.05, 0.1) is 18.2 Å². The van der Waals surface area contributed by atoms with Gasteiger partial charge in [-0.3, -0.25) is 4.79 Å². The van der Waals surface area contributed by atoms with Gasteiger partial charge in [0.2, 0.25) is 0 Å². The number of methoxy groups -OCH3 is 1. The summed E-state index contributed by atoms with van der Waals surface area (Å²) in [5.74, 6) is -0.562. The molecule has 0 heterocycles. The average molecular weight is 340 g/mol. The molecule has 0 saturated carbocycles. The van der Waals surface area contributed by atoms with Crippen LogP contribution >= 0.6 is 11.8 Å². The van der Waals surface area contributed by atoms with E-state index in [1.165, 1.54) is 13.2 Å². The standard InChI is InChI=1S/C16H11F3O3S/c1-22-15(21)12-4-2-3-5-14(12)23-13-7-6-11(16(17,18)19)8-10(13)9-20/h2-9H,1H3. The summed E-state index contributed by atoms with van der Waals surface area (Å²) < 4.78 is 42.7. The number of alkyl halides is 3. The minimum Gasteiger partial charge on any atom is -0.465 e. The van der Waals surface area contributed by atoms with E-state index >= 15 is 0 Å². The Balaban J connectivity index is 2.42. The smallest absolute Gasteiger partial charge is 0.416 e. The maximum atomic E-state index is 12.7. The third-order valence-electron chi connectivity index (χ3n) is 2.98. The lowest BCUT2D eigenvalue weighted by Crippen LogP contribution is -2.06. The highest BCUT2D eigenvalue weighted by Crippen LogP contribution is 2.36. The molecule has 2 aromatic rings. The second-order valence-electron chi connectivity index (χ2n) is 4.46. The molecule has 0 atom stereocenters. The molecule has 7 heteroatoms. The molecule has 0 aliphatic carbocycles. The van der Waals surface area contributed by atoms with E-state index in [2.05, 4.69) is 4.74 Å². The summed E-state index contributed by atoms with van der Waals surface area (Å²) in [6, 6.07) is 9.39. The SMILES string of the molecule is COC(=O)c1ccccc1Sc1ccc(C(F)(F)F)cc1C=O. The minimum atomic E-state index is -4.52. The summed E-state index contributed by atoms with van der Waals surface area (Å²) in [5.41, 5.74) is -0.716. The molecule has 2 aromatic carbocycles. The van der Waals surface area contributed by atoms with Gasteiger partial charge in [-0.25, -0.2) is 4.79 Å². The van der Waals surface area contributed by atoms with Gasteiger partial charge in [-0.15, -0.1) is 0 Å². The van der Waals surface area contributed by atoms with Crippen molar-refractivity contribution in [2.75, 3.05) is 7.11 Å². The van der Waals surface area contributed by atoms with Crippen LogP contribution in [0.15, 0.2) is 52.3 Å². The largest absolute Gasteiger partial charge is 0.465 e. The number of hydrogen-bond donors (Lipinski definition) is 0. The van der Waals surface area contributed by atoms with Crippen molar-refractivity contribution < 1.29 is 27.5 Å². The number of esters is 1. The molecule has 0 aromatic heterocycles. The van der Waals surface area contributed by atoms with Gasteiger partial charge in [-0.2, -0.15) is 13.2 Å². The maximum Gasteiger partial charge on any atom is 0.416 e. The summed E-state index contributed by atoms with van der Waals surface area (Å²) in [6.45, 7) is 0. The van der Waals surface area contributed by atoms with E-state index in [1.54, 1.807) is 24.3 Å². The zero-order valence-electron chi connectivity index (χ0n) is 11.9. The van der Waals surface area contributed by atoms with E-state index in [-0.39, 0.29) is 11.1 Å². The molecule has 0 saturated heterocycles. The van der Waals surface area contributed by atoms with Crippen LogP contribution in [0.25, 0.3) is 0 Å². The molecule has 0 bridgehead atoms. The number of aldehydes is 1. The zero-order chi connectivity index (χ0) is 17.0. The van der Waals surface area contributed by atoms with Crippen molar-refractivity contribution in [2.45, 2.75) is 16.0 Å². The van der Waals surface area contributed by atoms with Crippen LogP contribution in [0, 0.1) is 0 Å². The van der Waals surface area contributed by atoms with E-state index in [1.807, 2.05) is 0 Å². The number of ether oxygens (including phenoxy) is 1. The first kappa shape index (κ1) is 17.1. The topological polar surface area (TPSA) is 43.4 Å². The van der Waals surface area contributed by atoms with Gasteiger partial charge in [-0.1, -0.05) is 23.9 Å². The lowest BCUT2D eigenvalue weighted by Gasteiger charge is -2.11. The van der Waals surface area contributed by atoms with Gasteiger partial charge >= 0.3 is 12.1 Å². The highest BCUT2D eigenvalue weighted by atomic mass is 32.2. The number of rotatable bonds is 4. The quantitative estimate of drug-likeness (QED) is 0.609. The second-order valence-corrected chi connectivity index (χ2v) is 5.54. The molecule has 23 heavy (non-hydrogen) atoms. The Bertz CT molecular complexity index is 742. The predicted molar refractivity (Wildman–Crippen MR) is 78.7 cm³/mol. The van der Waals surface area contributed by atoms with Gasteiger partial charge in [0.15, 0.2) is 6.29 Å². The van der Waals surface area contributed by atoms with Crippen LogP contribution in [-0.4, -0.2) is 19.4 Å². The number of carbonyl (C=O) groups is 2. The number of carbonyl (C=O) groups excluding carboxylic acids is 2. The first-order valence-corrected chi connectivity index (χ1v) is 7.20. The third-order valence-corrected chi connectivity index (χ3v) is 4.14. The number of halogens is 3. The molecule has 0 fully saturated rings. The molecule has 3 nitrogen and oxygen atoms in total. The highest BCUT2D eigenvalue weighted by molar-refractivity contribution is 7.99. The Morgan fingerprint density at radius 2 is 1.83 bits per heavy atom. The summed E-state index contributed by atoms with van der Waals surface area (Å²) >= 11 is 1.03. The van der Waals surface area contributed by atoms with Crippen molar-refractivity contribution in [3.05, 3.63) is 59.2 Å². The van der Waals surface area contributed by atoms with Gasteiger partial charge in [0.1, 0.15) is 0 Å². The van der Waals surface area contributed by atoms with E-state index in [0.29, 0.717) is 16.1 Å². The molecule has 0 aliphatic heterocycles. The van der Waals surface area contributed by atoms with Crippen molar-refractivity contribution in [1.29, 1.82) is 0 Å². The molecule has 0 aliphatic rings. The van der Waals surface area contributed by atoms with Crippen molar-refractivity contribution in [3.8, 4) is 0 Å². The van der Waals surface area contributed by atoms with Crippen LogP contribution in [0.2, 0.25) is 0 Å². The van der Waals surface area contributed by atoms with Gasteiger partial charge in [0.25, 0.3) is 0 Å². The molecule has 0 radical (unpaired) electrons. The van der Waals surface area contributed by atoms with E-state index in [0.717, 1.165) is 23.9 Å². The Morgan fingerprint density at radius 1 is 1.13 bits per heavy atom. The first-order chi connectivity index (χ1) is 10.9. The summed E-state index contributed by atoms with van der Waals surface area (Å²) in [7, 11) is 1.23. The fourth-order valence-electron chi connectivity index (χ4n) is 1.86. The predicted octanol–water partition coefficient (Wildman–Crippen LogP) is 4.46. The summed E-state index contributed by atoms with van der Waals surface area (Å²) in [5, 5.41) is 0. The monoisotopic (exact) mass is 340 g/mol. The van der Waals surface area contributed by atoms with Crippen molar-refractivity contribution in [1.82, 2.24) is 0 Å². The first-order valence-electron chi connectivity index (χ1n) is 6.38. The maximum absolute atomic E-state index is 12.7. The van der Waals surface area contributed by atoms with Crippen molar-refractivity contribution in [2.24, 2.45) is 0 Å². The molecule has 2 rings (SSSR count). The minimum absolute atomic E-state index is 0.0931. The Morgan fingerprint density at radius 3 is 2.43 bits per heavy atom. The fourth-order valence-corrected chi connectivity index (χ4v) is 2.87. The number of hydrogen-bond acceptors (Lipinski definition) is 4. The number of benzene rings is 2. The molecule has 0 N–H and O–H groups in total. The van der Waals surface area contributed by atoms with Gasteiger partial charge < -0.3 is 4.74 Å². The van der Waals surface area contributed by atoms with E-state index < -0.39 is 17.7 Å². The Hall–Kier alpha value is -2.28. The average Bonchev–Trinajstić information content (AvgIpc) is 2.54. The van der Waals surface area contributed by atoms with Crippen LogP contribution in [0.5, 0.6) is 0 Å². The fraction of sp³-hybridized carbons (Fsp3) is 0.125. The molecular weight excluding hydrogens is 329 g/mol. The zero-order valence-corrected chi connectivity index (χ0v) is 12.7. The van der Waals surface area contributed by atoms with Gasteiger partial charge in [-0.05, 0) is 30.3 Å². The molecule has 0 spiro atoms. The lowest BCUT2D eigenvalue weighted by molar-refractivity contribution is -0.137. The molecular formula is C16H11F3O3S. The third kappa shape index (κ3) is 3.92. The molecule has 0 unspecified atom stereocenters. The highest BCUT2D eigenvalue weighted by Gasteiger charge is 2.31. The van der Waals surface area contributed by atoms with Gasteiger partial charge in [0, 0.05) is 15.4 Å². The normalized spacial score (nSPS) is 11.1. The van der Waals surface area contributed by atoms with E-state index in [9.17, 15) is 22.8 Å². The van der Waals surface area contributed by atoms with Crippen molar-refractivity contribution >= 4 is 24.0 Å². The van der Waals surface area contributed by atoms with Crippen LogP contribution in [0.3, 0.4) is 0 Å². The van der Waals surface area contributed by atoms with Crippen molar-refractivity contribution in [3.63, 3.8) is 0 Å². The second kappa shape index (κ2) is 6.87. The summed E-state index contributed by atoms with van der Waals surface area (Å²) in [4.78, 5) is 23.6. The Labute approximate surface area is 134 Å². The Kier molecular flexibility index (Phi) is 5.10. The lowest BCUT2D eigenvalue weighted by atomic mass is 10.1. The molecule has 120 valence electrons. The van der Waals surface area contributed by atoms with Crippen LogP contribution in [-0.2, 0) is 10.9 Å². The van der Waals surface area contributed by atoms with E-state index in [4.69, 9.17) is 0 Å². The van der Waals surface area contributed by atoms with Crippen LogP contribution in [0.4, 0.5) is 13.2 Å². The summed E-state index contributed by atoms with van der Waals surface area (Å²) in [6.07, 6.45) is -4.16.